The lowest BCUT2D eigenvalue weighted by Crippen LogP contribution is -2.21. The zero-order chi connectivity index (χ0) is 12.8. The van der Waals surface area contributed by atoms with Crippen molar-refractivity contribution in [3.8, 4) is 0 Å². The SMILES string of the molecule is CC(CCl)C(=O)Nc1ccc(SC(F)F)cc1. The molecule has 0 bridgehead atoms. The normalized spacial score (nSPS) is 12.5. The fraction of sp³-hybridized carbons (Fsp3) is 0.364. The molecule has 0 aliphatic heterocycles. The molecule has 1 unspecified atom stereocenters. The lowest BCUT2D eigenvalue weighted by atomic mass is 10.2. The molecule has 0 aliphatic carbocycles. The van der Waals surface area contributed by atoms with Crippen LogP contribution in [0.2, 0.25) is 0 Å². The molecule has 0 aliphatic rings. The first-order valence-corrected chi connectivity index (χ1v) is 6.36. The monoisotopic (exact) mass is 279 g/mol. The van der Waals surface area contributed by atoms with Gasteiger partial charge in [0.05, 0.1) is 0 Å². The Bertz CT molecular complexity index is 372. The predicted molar refractivity (Wildman–Crippen MR) is 66.8 cm³/mol. The van der Waals surface area contributed by atoms with Crippen molar-refractivity contribution in [3.63, 3.8) is 0 Å². The van der Waals surface area contributed by atoms with Gasteiger partial charge in [-0.15, -0.1) is 11.6 Å². The van der Waals surface area contributed by atoms with E-state index in [4.69, 9.17) is 11.6 Å². The maximum Gasteiger partial charge on any atom is 0.288 e. The minimum atomic E-state index is -2.44. The number of rotatable bonds is 5. The third kappa shape index (κ3) is 4.91. The van der Waals surface area contributed by atoms with E-state index >= 15 is 0 Å². The van der Waals surface area contributed by atoms with Gasteiger partial charge in [0.2, 0.25) is 5.91 Å². The van der Waals surface area contributed by atoms with Crippen molar-refractivity contribution in [1.29, 1.82) is 0 Å². The molecule has 0 radical (unpaired) electrons. The summed E-state index contributed by atoms with van der Waals surface area (Å²) < 4.78 is 24.1. The van der Waals surface area contributed by atoms with E-state index in [0.29, 0.717) is 22.3 Å². The molecule has 1 aromatic carbocycles. The first-order chi connectivity index (χ1) is 8.02. The maximum atomic E-state index is 12.1. The van der Waals surface area contributed by atoms with E-state index in [2.05, 4.69) is 5.32 Å². The van der Waals surface area contributed by atoms with Crippen LogP contribution < -0.4 is 5.32 Å². The smallest absolute Gasteiger partial charge is 0.288 e. The van der Waals surface area contributed by atoms with Crippen LogP contribution in [0.15, 0.2) is 29.2 Å². The molecule has 1 rings (SSSR count). The van der Waals surface area contributed by atoms with Crippen LogP contribution >= 0.6 is 23.4 Å². The average Bonchev–Trinajstić information content (AvgIpc) is 2.30. The number of amides is 1. The van der Waals surface area contributed by atoms with Gasteiger partial charge in [-0.1, -0.05) is 18.7 Å². The molecule has 0 saturated heterocycles. The van der Waals surface area contributed by atoms with Crippen molar-refractivity contribution >= 4 is 35.0 Å². The van der Waals surface area contributed by atoms with Crippen LogP contribution in [0.25, 0.3) is 0 Å². The van der Waals surface area contributed by atoms with Gasteiger partial charge in [-0.05, 0) is 24.3 Å². The van der Waals surface area contributed by atoms with Crippen LogP contribution in [0, 0.1) is 5.92 Å². The van der Waals surface area contributed by atoms with Gasteiger partial charge < -0.3 is 5.32 Å². The second-order valence-electron chi connectivity index (χ2n) is 3.45. The summed E-state index contributed by atoms with van der Waals surface area (Å²) in [5.74, 6) is -2.67. The zero-order valence-electron chi connectivity index (χ0n) is 9.12. The molecule has 0 saturated carbocycles. The molecule has 0 spiro atoms. The highest BCUT2D eigenvalue weighted by molar-refractivity contribution is 7.99. The highest BCUT2D eigenvalue weighted by Crippen LogP contribution is 2.26. The third-order valence-corrected chi connectivity index (χ3v) is 3.21. The van der Waals surface area contributed by atoms with E-state index in [1.165, 1.54) is 12.1 Å². The molecule has 0 aromatic heterocycles. The topological polar surface area (TPSA) is 29.1 Å². The number of carbonyl (C=O) groups excluding carboxylic acids is 1. The molecule has 1 atom stereocenters. The Kier molecular flexibility index (Phi) is 5.71. The van der Waals surface area contributed by atoms with E-state index < -0.39 is 5.76 Å². The summed E-state index contributed by atoms with van der Waals surface area (Å²) in [7, 11) is 0. The number of anilines is 1. The van der Waals surface area contributed by atoms with Crippen molar-refractivity contribution < 1.29 is 13.6 Å². The van der Waals surface area contributed by atoms with Crippen molar-refractivity contribution in [1.82, 2.24) is 0 Å². The predicted octanol–water partition coefficient (Wildman–Crippen LogP) is 3.81. The van der Waals surface area contributed by atoms with Gasteiger partial charge in [0.15, 0.2) is 0 Å². The van der Waals surface area contributed by atoms with Crippen LogP contribution in [0.4, 0.5) is 14.5 Å². The summed E-state index contributed by atoms with van der Waals surface area (Å²) in [5.41, 5.74) is 0.575. The number of alkyl halides is 3. The molecular weight excluding hydrogens is 268 g/mol. The number of halogens is 3. The quantitative estimate of drug-likeness (QED) is 0.656. The molecular formula is C11H12ClF2NOS. The summed E-state index contributed by atoms with van der Waals surface area (Å²) >= 11 is 6.02. The molecule has 94 valence electrons. The Morgan fingerprint density at radius 3 is 2.47 bits per heavy atom. The van der Waals surface area contributed by atoms with Crippen LogP contribution in [-0.4, -0.2) is 17.5 Å². The molecule has 1 amide bonds. The Morgan fingerprint density at radius 1 is 1.41 bits per heavy atom. The first kappa shape index (κ1) is 14.3. The molecule has 2 nitrogen and oxygen atoms in total. The highest BCUT2D eigenvalue weighted by Gasteiger charge is 2.11. The molecule has 1 aromatic rings. The number of hydrogen-bond donors (Lipinski definition) is 1. The first-order valence-electron chi connectivity index (χ1n) is 4.94. The van der Waals surface area contributed by atoms with E-state index in [1.54, 1.807) is 19.1 Å². The van der Waals surface area contributed by atoms with Crippen molar-refractivity contribution in [2.45, 2.75) is 17.6 Å². The molecule has 0 heterocycles. The van der Waals surface area contributed by atoms with Gasteiger partial charge in [0, 0.05) is 22.4 Å². The van der Waals surface area contributed by atoms with Gasteiger partial charge in [-0.25, -0.2) is 0 Å². The summed E-state index contributed by atoms with van der Waals surface area (Å²) in [4.78, 5) is 11.9. The molecule has 17 heavy (non-hydrogen) atoms. The van der Waals surface area contributed by atoms with Crippen molar-refractivity contribution in [2.75, 3.05) is 11.2 Å². The summed E-state index contributed by atoms with van der Waals surface area (Å²) in [6, 6.07) is 6.25. The van der Waals surface area contributed by atoms with Gasteiger partial charge >= 0.3 is 0 Å². The third-order valence-electron chi connectivity index (χ3n) is 2.03. The fourth-order valence-electron chi connectivity index (χ4n) is 1.06. The largest absolute Gasteiger partial charge is 0.326 e. The Balaban J connectivity index is 2.59. The fourth-order valence-corrected chi connectivity index (χ4v) is 1.69. The minimum Gasteiger partial charge on any atom is -0.326 e. The van der Waals surface area contributed by atoms with E-state index in [-0.39, 0.29) is 17.7 Å². The lowest BCUT2D eigenvalue weighted by molar-refractivity contribution is -0.118. The Labute approximate surface area is 108 Å². The number of thioether (sulfide) groups is 1. The summed E-state index contributed by atoms with van der Waals surface area (Å²) in [6.07, 6.45) is 0. The standard InChI is InChI=1S/C11H12ClF2NOS/c1-7(6-12)10(16)15-8-2-4-9(5-3-8)17-11(13)14/h2-5,7,11H,6H2,1H3,(H,15,16). The van der Waals surface area contributed by atoms with E-state index in [1.807, 2.05) is 0 Å². The van der Waals surface area contributed by atoms with Crippen LogP contribution in [0.1, 0.15) is 6.92 Å². The zero-order valence-corrected chi connectivity index (χ0v) is 10.7. The van der Waals surface area contributed by atoms with Crippen molar-refractivity contribution in [2.24, 2.45) is 5.92 Å². The summed E-state index contributed by atoms with van der Waals surface area (Å²) in [6.45, 7) is 1.71. The Morgan fingerprint density at radius 2 is 2.00 bits per heavy atom. The Hall–Kier alpha value is -0.810. The molecule has 0 fully saturated rings. The minimum absolute atomic E-state index is 0.186. The van der Waals surface area contributed by atoms with E-state index in [0.717, 1.165) is 0 Å². The van der Waals surface area contributed by atoms with Crippen LogP contribution in [-0.2, 0) is 4.79 Å². The number of benzene rings is 1. The molecule has 6 heteroatoms. The summed E-state index contributed by atoms with van der Waals surface area (Å²) in [5, 5.41) is 2.65. The second-order valence-corrected chi connectivity index (χ2v) is 4.82. The van der Waals surface area contributed by atoms with Gasteiger partial charge in [-0.3, -0.25) is 4.79 Å². The number of nitrogens with one attached hydrogen (secondary N) is 1. The number of hydrogen-bond acceptors (Lipinski definition) is 2. The van der Waals surface area contributed by atoms with Crippen molar-refractivity contribution in [3.05, 3.63) is 24.3 Å². The maximum absolute atomic E-state index is 12.1. The van der Waals surface area contributed by atoms with Gasteiger partial charge in [-0.2, -0.15) is 8.78 Å². The van der Waals surface area contributed by atoms with Crippen LogP contribution in [0.5, 0.6) is 0 Å². The van der Waals surface area contributed by atoms with Gasteiger partial charge in [0.25, 0.3) is 5.76 Å². The van der Waals surface area contributed by atoms with E-state index in [9.17, 15) is 13.6 Å². The van der Waals surface area contributed by atoms with Gasteiger partial charge in [0.1, 0.15) is 0 Å². The highest BCUT2D eigenvalue weighted by atomic mass is 35.5. The lowest BCUT2D eigenvalue weighted by Gasteiger charge is -2.09. The average molecular weight is 280 g/mol. The molecule has 1 N–H and O–H groups in total. The number of carbonyl (C=O) groups is 1. The van der Waals surface area contributed by atoms with Crippen LogP contribution in [0.3, 0.4) is 0 Å². The second kappa shape index (κ2) is 6.81.